The van der Waals surface area contributed by atoms with Gasteiger partial charge in [0.25, 0.3) is 11.6 Å². The number of Topliss-reactive ketones (excluding diaryl/α,β-unsaturated/α-hetero) is 4. The molecule has 4 heterocycles. The van der Waals surface area contributed by atoms with Crippen molar-refractivity contribution in [2.24, 2.45) is 0 Å². The topological polar surface area (TPSA) is 68.3 Å². The second-order valence-corrected chi connectivity index (χ2v) is 15.9. The third-order valence-corrected chi connectivity index (χ3v) is 13.7. The zero-order valence-electron chi connectivity index (χ0n) is 25.2. The van der Waals surface area contributed by atoms with E-state index in [2.05, 4.69) is 13.8 Å². The van der Waals surface area contributed by atoms with Crippen LogP contribution in [0.5, 0.6) is 0 Å². The summed E-state index contributed by atoms with van der Waals surface area (Å²) in [6.07, 6.45) is 7.99. The Morgan fingerprint density at radius 3 is 1.22 bits per heavy atom. The fourth-order valence-corrected chi connectivity index (χ4v) is 11.1. The van der Waals surface area contributed by atoms with Crippen molar-refractivity contribution in [1.29, 1.82) is 0 Å². The summed E-state index contributed by atoms with van der Waals surface area (Å²) in [6, 6.07) is 7.52. The molecule has 0 saturated heterocycles. The molecule has 0 spiro atoms. The van der Waals surface area contributed by atoms with E-state index in [9.17, 15) is 36.7 Å². The second-order valence-electron chi connectivity index (χ2n) is 11.6. The number of halogens is 4. The van der Waals surface area contributed by atoms with Crippen LogP contribution in [-0.4, -0.2) is 35.0 Å². The lowest BCUT2D eigenvalue weighted by atomic mass is 10.00. The molecule has 0 bridgehead atoms. The van der Waals surface area contributed by atoms with Gasteiger partial charge in [0.05, 0.1) is 20.9 Å². The van der Waals surface area contributed by atoms with Crippen molar-refractivity contribution in [1.82, 2.24) is 0 Å². The minimum Gasteiger partial charge on any atom is -0.287 e. The van der Waals surface area contributed by atoms with Gasteiger partial charge in [-0.2, -0.15) is 17.6 Å². The van der Waals surface area contributed by atoms with Gasteiger partial charge in [0.15, 0.2) is 0 Å². The number of thiophene rings is 4. The number of rotatable bonds is 13. The van der Waals surface area contributed by atoms with Crippen LogP contribution in [0, 0.1) is 0 Å². The number of fused-ring (bicyclic) bond motifs is 2. The summed E-state index contributed by atoms with van der Waals surface area (Å²) in [5.41, 5.74) is 0.760. The van der Waals surface area contributed by atoms with Crippen LogP contribution in [0.15, 0.2) is 24.3 Å². The lowest BCUT2D eigenvalue weighted by Gasteiger charge is -2.08. The fraction of sp³-hybridized carbons (Fsp3) is 0.412. The molecule has 0 N–H and O–H groups in total. The molecule has 2 aliphatic rings. The Morgan fingerprint density at radius 2 is 0.848 bits per heavy atom. The monoisotopic (exact) mass is 706 g/mol. The van der Waals surface area contributed by atoms with Crippen molar-refractivity contribution in [3.63, 3.8) is 0 Å². The summed E-state index contributed by atoms with van der Waals surface area (Å²) in [4.78, 5) is 54.5. The molecule has 12 heteroatoms. The van der Waals surface area contributed by atoms with Gasteiger partial charge in [0, 0.05) is 29.3 Å². The highest BCUT2D eigenvalue weighted by Gasteiger charge is 2.58. The standard InChI is InChI=1S/C34H30F4O4S4/c1-3-5-7-9-11-17-23-27(31(41)33(35,36)29(23)39)45-25(17)21-15-13-19(43-21)20-14-16-22(44-20)26-18(12-10-8-6-4-2)24-28(46-26)32(42)34(37,38)30(24)40/h13-16H,3-12H2,1-2H3. The molecule has 0 unspecified atom stereocenters. The quantitative estimate of drug-likeness (QED) is 0.0788. The molecule has 0 fully saturated rings. The SMILES string of the molecule is CCCCCCc1c(-c2ccc(-c3ccc(-c4sc5c(c4CCCCCC)C(=O)C(F)(F)C5=O)s3)s2)sc2c1C(=O)C(F)(F)C2=O. The molecule has 6 rings (SSSR count). The van der Waals surface area contributed by atoms with Gasteiger partial charge < -0.3 is 0 Å². The highest BCUT2D eigenvalue weighted by Crippen LogP contribution is 2.51. The van der Waals surface area contributed by atoms with E-state index in [4.69, 9.17) is 0 Å². The Morgan fingerprint density at radius 1 is 0.478 bits per heavy atom. The van der Waals surface area contributed by atoms with Gasteiger partial charge in [0.2, 0.25) is 11.6 Å². The number of carbonyl (C=O) groups is 4. The van der Waals surface area contributed by atoms with Crippen molar-refractivity contribution in [3.8, 4) is 29.3 Å². The maximum atomic E-state index is 14.4. The predicted molar refractivity (Wildman–Crippen MR) is 177 cm³/mol. The summed E-state index contributed by atoms with van der Waals surface area (Å²) >= 11 is 4.75. The average Bonchev–Trinajstić information content (AvgIpc) is 3.86. The van der Waals surface area contributed by atoms with Crippen LogP contribution in [0.4, 0.5) is 17.6 Å². The Bertz CT molecular complexity index is 1740. The van der Waals surface area contributed by atoms with Crippen molar-refractivity contribution in [2.75, 3.05) is 0 Å². The number of ketones is 4. The van der Waals surface area contributed by atoms with Crippen molar-refractivity contribution >= 4 is 68.5 Å². The van der Waals surface area contributed by atoms with Gasteiger partial charge in [-0.15, -0.1) is 45.3 Å². The molecular weight excluding hydrogens is 677 g/mol. The van der Waals surface area contributed by atoms with Crippen LogP contribution in [0.1, 0.15) is 116 Å². The smallest absolute Gasteiger partial charge is 0.287 e. The lowest BCUT2D eigenvalue weighted by molar-refractivity contribution is 0.0187. The summed E-state index contributed by atoms with van der Waals surface area (Å²) in [5, 5.41) is 0. The van der Waals surface area contributed by atoms with E-state index in [0.29, 0.717) is 46.6 Å². The van der Waals surface area contributed by atoms with Gasteiger partial charge >= 0.3 is 11.8 Å². The van der Waals surface area contributed by atoms with Gasteiger partial charge in [-0.1, -0.05) is 52.4 Å². The largest absolute Gasteiger partial charge is 0.372 e. The molecule has 0 aliphatic heterocycles. The maximum Gasteiger partial charge on any atom is 0.372 e. The van der Waals surface area contributed by atoms with Crippen LogP contribution in [-0.2, 0) is 12.8 Å². The van der Waals surface area contributed by atoms with E-state index < -0.39 is 35.0 Å². The third kappa shape index (κ3) is 5.38. The fourth-order valence-electron chi connectivity index (χ4n) is 6.05. The van der Waals surface area contributed by atoms with E-state index >= 15 is 0 Å². The van der Waals surface area contributed by atoms with Gasteiger partial charge in [-0.25, -0.2) is 0 Å². The number of unbranched alkanes of at least 4 members (excludes halogenated alkanes) is 6. The zero-order chi connectivity index (χ0) is 33.0. The second kappa shape index (κ2) is 12.7. The summed E-state index contributed by atoms with van der Waals surface area (Å²) in [7, 11) is 0. The molecule has 4 aromatic heterocycles. The Hall–Kier alpha value is -2.80. The summed E-state index contributed by atoms with van der Waals surface area (Å²) in [5.74, 6) is -13.7. The van der Waals surface area contributed by atoms with Gasteiger partial charge in [0.1, 0.15) is 0 Å². The van der Waals surface area contributed by atoms with E-state index in [-0.39, 0.29) is 20.9 Å². The van der Waals surface area contributed by atoms with Crippen molar-refractivity contribution < 1.29 is 36.7 Å². The first-order valence-electron chi connectivity index (χ1n) is 15.4. The maximum absolute atomic E-state index is 14.4. The molecule has 0 atom stereocenters. The van der Waals surface area contributed by atoms with E-state index in [1.54, 1.807) is 0 Å². The van der Waals surface area contributed by atoms with Gasteiger partial charge in [-0.3, -0.25) is 19.2 Å². The molecule has 0 radical (unpaired) electrons. The van der Waals surface area contributed by atoms with Crippen LogP contribution in [0.3, 0.4) is 0 Å². The number of hydrogen-bond donors (Lipinski definition) is 0. The van der Waals surface area contributed by atoms with E-state index in [0.717, 1.165) is 80.7 Å². The highest BCUT2D eigenvalue weighted by molar-refractivity contribution is 7.29. The molecule has 46 heavy (non-hydrogen) atoms. The minimum atomic E-state index is -4.02. The molecule has 2 aliphatic carbocycles. The predicted octanol–water partition coefficient (Wildman–Crippen LogP) is 11.2. The normalized spacial score (nSPS) is 16.6. The van der Waals surface area contributed by atoms with Crippen LogP contribution < -0.4 is 0 Å². The molecule has 242 valence electrons. The van der Waals surface area contributed by atoms with Crippen molar-refractivity contribution in [3.05, 3.63) is 56.3 Å². The first-order chi connectivity index (χ1) is 21.9. The van der Waals surface area contributed by atoms with Crippen LogP contribution in [0.25, 0.3) is 29.3 Å². The first kappa shape index (κ1) is 33.1. The van der Waals surface area contributed by atoms with Crippen molar-refractivity contribution in [2.45, 2.75) is 89.9 Å². The van der Waals surface area contributed by atoms with Crippen LogP contribution in [0.2, 0.25) is 0 Å². The van der Waals surface area contributed by atoms with E-state index in [1.165, 1.54) is 22.7 Å². The van der Waals surface area contributed by atoms with Crippen LogP contribution >= 0.6 is 45.3 Å². The van der Waals surface area contributed by atoms with Gasteiger partial charge in [-0.05, 0) is 61.1 Å². The zero-order valence-corrected chi connectivity index (χ0v) is 28.4. The average molecular weight is 707 g/mol. The third-order valence-electron chi connectivity index (χ3n) is 8.48. The molecule has 0 aromatic carbocycles. The molecule has 0 saturated carbocycles. The molecule has 4 aromatic rings. The van der Waals surface area contributed by atoms with E-state index in [1.807, 2.05) is 24.3 Å². The number of carbonyl (C=O) groups excluding carboxylic acids is 4. The lowest BCUT2D eigenvalue weighted by Crippen LogP contribution is -2.30. The summed E-state index contributed by atoms with van der Waals surface area (Å²) in [6.45, 7) is 4.13. The molecule has 0 amide bonds. The Kier molecular flexibility index (Phi) is 9.12. The molecule has 4 nitrogen and oxygen atoms in total. The molecular formula is C34H30F4O4S4. The number of hydrogen-bond acceptors (Lipinski definition) is 8. The Balaban J connectivity index is 1.33. The summed E-state index contributed by atoms with van der Waals surface area (Å²) < 4.78 is 57.5. The highest BCUT2D eigenvalue weighted by atomic mass is 32.1. The first-order valence-corrected chi connectivity index (χ1v) is 18.7. The number of alkyl halides is 4. The Labute approximate surface area is 279 Å². The minimum absolute atomic E-state index is 0.133.